The first kappa shape index (κ1) is 20.5. The summed E-state index contributed by atoms with van der Waals surface area (Å²) in [5.74, 6) is 0.951. The van der Waals surface area contributed by atoms with E-state index in [0.717, 1.165) is 42.8 Å². The Morgan fingerprint density at radius 3 is 3.00 bits per heavy atom. The van der Waals surface area contributed by atoms with Crippen LogP contribution in [-0.2, 0) is 16.0 Å². The molecule has 3 rings (SSSR count). The SMILES string of the molecule is CC1NCCCC1NC(=O)CCCOc1ccc2c(c1)CCC(=O)N2.Cl. The van der Waals surface area contributed by atoms with Crippen LogP contribution in [-0.4, -0.2) is 37.0 Å². The van der Waals surface area contributed by atoms with Crippen molar-refractivity contribution in [3.05, 3.63) is 23.8 Å². The Labute approximate surface area is 160 Å². The van der Waals surface area contributed by atoms with Gasteiger partial charge in [0.25, 0.3) is 0 Å². The van der Waals surface area contributed by atoms with E-state index in [1.165, 1.54) is 0 Å². The molecule has 0 aromatic heterocycles. The molecular weight excluding hydrogens is 354 g/mol. The molecule has 2 aliphatic rings. The monoisotopic (exact) mass is 381 g/mol. The van der Waals surface area contributed by atoms with Crippen LogP contribution in [0.4, 0.5) is 5.69 Å². The van der Waals surface area contributed by atoms with Gasteiger partial charge in [-0.15, -0.1) is 12.4 Å². The lowest BCUT2D eigenvalue weighted by molar-refractivity contribution is -0.122. The highest BCUT2D eigenvalue weighted by atomic mass is 35.5. The van der Waals surface area contributed by atoms with E-state index in [2.05, 4.69) is 22.9 Å². The number of fused-ring (bicyclic) bond motifs is 1. The molecular formula is C19H28ClN3O3. The van der Waals surface area contributed by atoms with Crippen molar-refractivity contribution in [2.75, 3.05) is 18.5 Å². The van der Waals surface area contributed by atoms with Crippen LogP contribution in [0.1, 0.15) is 44.6 Å². The van der Waals surface area contributed by atoms with E-state index in [1.807, 2.05) is 18.2 Å². The molecule has 144 valence electrons. The lowest BCUT2D eigenvalue weighted by Crippen LogP contribution is -2.51. The van der Waals surface area contributed by atoms with Crippen molar-refractivity contribution < 1.29 is 14.3 Å². The summed E-state index contributed by atoms with van der Waals surface area (Å²) in [6.45, 7) is 3.66. The van der Waals surface area contributed by atoms with Gasteiger partial charge in [-0.1, -0.05) is 0 Å². The van der Waals surface area contributed by atoms with Gasteiger partial charge in [-0.05, 0) is 62.9 Å². The maximum absolute atomic E-state index is 12.1. The van der Waals surface area contributed by atoms with Crippen LogP contribution in [0.15, 0.2) is 18.2 Å². The van der Waals surface area contributed by atoms with Gasteiger partial charge in [0, 0.05) is 30.6 Å². The Morgan fingerprint density at radius 1 is 1.35 bits per heavy atom. The largest absolute Gasteiger partial charge is 0.494 e. The Balaban J connectivity index is 0.00000243. The second-order valence-electron chi connectivity index (χ2n) is 6.88. The average molecular weight is 382 g/mol. The Hall–Kier alpha value is -1.79. The fourth-order valence-corrected chi connectivity index (χ4v) is 3.39. The molecule has 0 saturated carbocycles. The lowest BCUT2D eigenvalue weighted by atomic mass is 10.00. The van der Waals surface area contributed by atoms with Crippen LogP contribution in [0, 0.1) is 0 Å². The number of piperidine rings is 1. The third kappa shape index (κ3) is 5.61. The first-order valence-electron chi connectivity index (χ1n) is 9.20. The third-order valence-corrected chi connectivity index (χ3v) is 4.90. The normalized spacial score (nSPS) is 21.8. The molecule has 26 heavy (non-hydrogen) atoms. The molecule has 2 aliphatic heterocycles. The van der Waals surface area contributed by atoms with Gasteiger partial charge >= 0.3 is 0 Å². The molecule has 0 spiro atoms. The van der Waals surface area contributed by atoms with Crippen LogP contribution in [0.5, 0.6) is 5.75 Å². The van der Waals surface area contributed by atoms with Gasteiger partial charge in [0.05, 0.1) is 6.61 Å². The predicted molar refractivity (Wildman–Crippen MR) is 104 cm³/mol. The number of nitrogens with one attached hydrogen (secondary N) is 3. The lowest BCUT2D eigenvalue weighted by Gasteiger charge is -2.30. The number of carbonyl (C=O) groups is 2. The standard InChI is InChI=1S/C19H27N3O3.ClH/c1-13-16(4-2-10-20-13)21-18(23)5-3-11-25-15-7-8-17-14(12-15)6-9-19(24)22-17;/h7-8,12-13,16,20H,2-6,9-11H2,1H3,(H,21,23)(H,22,24);1H. The number of amides is 2. The maximum Gasteiger partial charge on any atom is 0.224 e. The molecule has 7 heteroatoms. The van der Waals surface area contributed by atoms with E-state index in [1.54, 1.807) is 0 Å². The zero-order valence-corrected chi connectivity index (χ0v) is 16.0. The van der Waals surface area contributed by atoms with Crippen LogP contribution in [0.3, 0.4) is 0 Å². The van der Waals surface area contributed by atoms with Gasteiger partial charge in [-0.25, -0.2) is 0 Å². The van der Waals surface area contributed by atoms with Gasteiger partial charge in [0.1, 0.15) is 5.75 Å². The van der Waals surface area contributed by atoms with E-state index >= 15 is 0 Å². The number of aryl methyl sites for hydroxylation is 1. The first-order valence-corrected chi connectivity index (χ1v) is 9.20. The average Bonchev–Trinajstić information content (AvgIpc) is 2.61. The molecule has 0 radical (unpaired) electrons. The fraction of sp³-hybridized carbons (Fsp3) is 0.579. The molecule has 2 heterocycles. The molecule has 1 aromatic carbocycles. The molecule has 0 aliphatic carbocycles. The molecule has 2 unspecified atom stereocenters. The summed E-state index contributed by atoms with van der Waals surface area (Å²) in [5.41, 5.74) is 1.98. The Kier molecular flexibility index (Phi) is 7.72. The van der Waals surface area contributed by atoms with Gasteiger partial charge in [0.2, 0.25) is 11.8 Å². The second kappa shape index (κ2) is 9.78. The Morgan fingerprint density at radius 2 is 2.19 bits per heavy atom. The highest BCUT2D eigenvalue weighted by molar-refractivity contribution is 5.94. The number of benzene rings is 1. The van der Waals surface area contributed by atoms with Gasteiger partial charge < -0.3 is 20.7 Å². The van der Waals surface area contributed by atoms with Crippen LogP contribution in [0.2, 0.25) is 0 Å². The molecule has 0 bridgehead atoms. The summed E-state index contributed by atoms with van der Waals surface area (Å²) in [6, 6.07) is 6.29. The Bertz CT molecular complexity index is 638. The molecule has 6 nitrogen and oxygen atoms in total. The highest BCUT2D eigenvalue weighted by Gasteiger charge is 2.22. The van der Waals surface area contributed by atoms with Gasteiger partial charge in [-0.2, -0.15) is 0 Å². The zero-order chi connectivity index (χ0) is 17.6. The fourth-order valence-electron chi connectivity index (χ4n) is 3.39. The number of anilines is 1. The van der Waals surface area contributed by atoms with Crippen molar-refractivity contribution in [1.29, 1.82) is 0 Å². The number of hydrogen-bond acceptors (Lipinski definition) is 4. The van der Waals surface area contributed by atoms with Gasteiger partial charge in [-0.3, -0.25) is 9.59 Å². The van der Waals surface area contributed by atoms with Gasteiger partial charge in [0.15, 0.2) is 0 Å². The second-order valence-corrected chi connectivity index (χ2v) is 6.88. The summed E-state index contributed by atoms with van der Waals surface area (Å²) in [4.78, 5) is 23.4. The third-order valence-electron chi connectivity index (χ3n) is 4.90. The van der Waals surface area contributed by atoms with Crippen LogP contribution >= 0.6 is 12.4 Å². The van der Waals surface area contributed by atoms with Crippen LogP contribution < -0.4 is 20.7 Å². The molecule has 2 amide bonds. The molecule has 1 aromatic rings. The predicted octanol–water partition coefficient (Wildman–Crippen LogP) is 2.41. The first-order chi connectivity index (χ1) is 12.1. The quantitative estimate of drug-likeness (QED) is 0.661. The van der Waals surface area contributed by atoms with Crippen molar-refractivity contribution in [3.63, 3.8) is 0 Å². The maximum atomic E-state index is 12.1. The van der Waals surface area contributed by atoms with Crippen molar-refractivity contribution in [2.24, 2.45) is 0 Å². The molecule has 3 N–H and O–H groups in total. The van der Waals surface area contributed by atoms with Crippen LogP contribution in [0.25, 0.3) is 0 Å². The van der Waals surface area contributed by atoms with E-state index < -0.39 is 0 Å². The van der Waals surface area contributed by atoms with E-state index in [9.17, 15) is 9.59 Å². The van der Waals surface area contributed by atoms with Crippen molar-refractivity contribution in [2.45, 2.75) is 57.5 Å². The van der Waals surface area contributed by atoms with E-state index in [4.69, 9.17) is 4.74 Å². The van der Waals surface area contributed by atoms with E-state index in [-0.39, 0.29) is 30.3 Å². The summed E-state index contributed by atoms with van der Waals surface area (Å²) in [5, 5.41) is 9.36. The van der Waals surface area contributed by atoms with Crippen molar-refractivity contribution in [3.8, 4) is 5.75 Å². The van der Waals surface area contributed by atoms with E-state index in [0.29, 0.717) is 31.9 Å². The minimum atomic E-state index is 0. The smallest absolute Gasteiger partial charge is 0.224 e. The topological polar surface area (TPSA) is 79.5 Å². The minimum absolute atomic E-state index is 0. The number of rotatable bonds is 6. The molecule has 1 fully saturated rings. The minimum Gasteiger partial charge on any atom is -0.494 e. The summed E-state index contributed by atoms with van der Waals surface area (Å²) < 4.78 is 5.76. The number of ether oxygens (including phenoxy) is 1. The number of hydrogen-bond donors (Lipinski definition) is 3. The number of halogens is 1. The summed E-state index contributed by atoms with van der Waals surface area (Å²) >= 11 is 0. The summed E-state index contributed by atoms with van der Waals surface area (Å²) in [7, 11) is 0. The van der Waals surface area contributed by atoms with Crippen molar-refractivity contribution >= 4 is 29.9 Å². The zero-order valence-electron chi connectivity index (χ0n) is 15.2. The highest BCUT2D eigenvalue weighted by Crippen LogP contribution is 2.26. The molecule has 2 atom stereocenters. The summed E-state index contributed by atoms with van der Waals surface area (Å²) in [6.07, 6.45) is 4.58. The molecule has 1 saturated heterocycles. The number of carbonyl (C=O) groups excluding carboxylic acids is 2. The van der Waals surface area contributed by atoms with Crippen molar-refractivity contribution in [1.82, 2.24) is 10.6 Å².